The minimum absolute atomic E-state index is 0.0182. The zero-order chi connectivity index (χ0) is 54.5. The molecule has 9 aliphatic rings. The van der Waals surface area contributed by atoms with E-state index in [9.17, 15) is 20.4 Å². The second kappa shape index (κ2) is 21.0. The molecule has 7 fully saturated rings. The van der Waals surface area contributed by atoms with Crippen LogP contribution in [0, 0.1) is 69.0 Å². The van der Waals surface area contributed by atoms with E-state index in [0.717, 1.165) is 125 Å². The van der Waals surface area contributed by atoms with E-state index in [1.165, 1.54) is 24.0 Å². The fourth-order valence-electron chi connectivity index (χ4n) is 21.1. The number of phenolic OH excluding ortho intramolecular Hbond substituents is 1. The fourth-order valence-corrected chi connectivity index (χ4v) is 21.1. The van der Waals surface area contributed by atoms with Gasteiger partial charge in [-0.1, -0.05) is 96.4 Å². The van der Waals surface area contributed by atoms with Crippen LogP contribution in [0.1, 0.15) is 211 Å². The fraction of sp³-hybridized carbons (Fsp3) is 0.761. The van der Waals surface area contributed by atoms with E-state index in [0.29, 0.717) is 62.3 Å². The highest BCUT2D eigenvalue weighted by Gasteiger charge is 2.74. The normalized spacial score (nSPS) is 44.2. The number of benzene rings is 2. The second-order valence-corrected chi connectivity index (χ2v) is 29.0. The first kappa shape index (κ1) is 55.8. The number of unbranched alkanes of at least 4 members (excludes halogenated alkanes) is 2. The molecule has 7 aliphatic carbocycles. The maximum absolute atomic E-state index is 16.0. The van der Waals surface area contributed by atoms with Gasteiger partial charge in [0.05, 0.1) is 17.3 Å². The Morgan fingerprint density at radius 1 is 0.896 bits per heavy atom. The topological polar surface area (TPSA) is 178 Å². The van der Waals surface area contributed by atoms with Crippen molar-refractivity contribution in [3.63, 3.8) is 0 Å². The minimum Gasteiger partial charge on any atom is -0.508 e. The Balaban J connectivity index is 1.05. The molecule has 10 heteroatoms. The number of fused-ring (bicyclic) bond motifs is 2. The molecule has 424 valence electrons. The van der Waals surface area contributed by atoms with E-state index in [2.05, 4.69) is 69.5 Å². The molecule has 19 atom stereocenters. The lowest BCUT2D eigenvalue weighted by Gasteiger charge is -2.72. The zero-order valence-electron chi connectivity index (χ0n) is 48.3. The lowest BCUT2D eigenvalue weighted by molar-refractivity contribution is -0.210. The first-order valence-corrected chi connectivity index (χ1v) is 31.3. The predicted molar refractivity (Wildman–Crippen MR) is 305 cm³/mol. The number of hydrogen-bond donors (Lipinski definition) is 7. The van der Waals surface area contributed by atoms with Crippen LogP contribution in [0.3, 0.4) is 0 Å². The Hall–Kier alpha value is -3.12. The van der Waals surface area contributed by atoms with E-state index in [1.54, 1.807) is 0 Å². The van der Waals surface area contributed by atoms with Crippen molar-refractivity contribution in [1.29, 1.82) is 0 Å². The van der Waals surface area contributed by atoms with Gasteiger partial charge < -0.3 is 41.5 Å². The SMILES string of the molecule is CCCCCC1CC2CCC(CO)CC2C(CC(O)C2OC2(C)C2CCCC2c2cccc(N)c2)C2=C3CCC4C5(C)CC(c6cc(O)cc(CNC)c6)C(=O)C6(C)CCCCC(C)(O)CNC(CC4(C1)C3(C)CC2=O)C65. The standard InChI is InChI=1S/C67H99N3O7/c1-8-9-10-15-40-26-44-21-20-41(38-71)29-49(44)50(32-55(73)61-66(6,77-61)52-19-14-18-48(52)43-16-13-17-46(68)30-43)58-53-22-23-57-64(4)34-51(45-27-42(37-69-7)28-47(72)31-45)60(75)63(3)25-12-11-24-62(2,76)39-70-54(59(63)64)35-67(57,33-40)65(53,5)36-56(58)74/h13,16-17,27-28,30-31,40-41,44,48-52,54-55,57,59,61,69-73,76H,8-12,14-15,18-26,29,32-39,68H2,1-7H3. The first-order chi connectivity index (χ1) is 36.7. The Bertz CT molecular complexity index is 2560. The van der Waals surface area contributed by atoms with Crippen LogP contribution in [-0.2, 0) is 20.9 Å². The summed E-state index contributed by atoms with van der Waals surface area (Å²) in [6, 6.07) is 14.2. The number of allylic oxidation sites excluding steroid dienone is 2. The van der Waals surface area contributed by atoms with Crippen LogP contribution < -0.4 is 16.4 Å². The van der Waals surface area contributed by atoms with Gasteiger partial charge in [0.2, 0.25) is 0 Å². The van der Waals surface area contributed by atoms with Crippen LogP contribution >= 0.6 is 0 Å². The van der Waals surface area contributed by atoms with Crippen LogP contribution in [0.4, 0.5) is 5.69 Å². The van der Waals surface area contributed by atoms with E-state index in [4.69, 9.17) is 10.5 Å². The van der Waals surface area contributed by atoms with Crippen molar-refractivity contribution in [3.8, 4) is 5.75 Å². The summed E-state index contributed by atoms with van der Waals surface area (Å²) >= 11 is 0. The predicted octanol–water partition coefficient (Wildman–Crippen LogP) is 11.9. The Morgan fingerprint density at radius 2 is 1.70 bits per heavy atom. The molecular formula is C67H99N3O7. The number of nitrogen functional groups attached to an aromatic ring is 1. The van der Waals surface area contributed by atoms with Crippen molar-refractivity contribution in [3.05, 3.63) is 70.3 Å². The zero-order valence-corrected chi connectivity index (χ0v) is 48.3. The average molecular weight is 1060 g/mol. The van der Waals surface area contributed by atoms with Crippen molar-refractivity contribution < 1.29 is 34.8 Å². The molecule has 2 aliphatic heterocycles. The number of Topliss-reactive ketones (excluding diaryl/α,β-unsaturated/α-hetero) is 2. The smallest absolute Gasteiger partial charge is 0.160 e. The van der Waals surface area contributed by atoms with E-state index in [-0.39, 0.29) is 82.5 Å². The number of rotatable bonds is 13. The first-order valence-electron chi connectivity index (χ1n) is 31.3. The van der Waals surface area contributed by atoms with Gasteiger partial charge in [-0.25, -0.2) is 0 Å². The molecule has 5 saturated carbocycles. The number of phenols is 1. The molecule has 0 aromatic heterocycles. The summed E-state index contributed by atoms with van der Waals surface area (Å²) in [5.41, 5.74) is 9.60. The molecule has 4 bridgehead atoms. The van der Waals surface area contributed by atoms with Gasteiger partial charge in [0, 0.05) is 54.6 Å². The summed E-state index contributed by atoms with van der Waals surface area (Å²) < 4.78 is 6.85. The van der Waals surface area contributed by atoms with Gasteiger partial charge >= 0.3 is 0 Å². The molecule has 0 radical (unpaired) electrons. The van der Waals surface area contributed by atoms with E-state index < -0.39 is 28.1 Å². The van der Waals surface area contributed by atoms with Crippen LogP contribution in [0.2, 0.25) is 0 Å². The lowest BCUT2D eigenvalue weighted by Crippen LogP contribution is -2.71. The van der Waals surface area contributed by atoms with Gasteiger partial charge in [0.25, 0.3) is 0 Å². The summed E-state index contributed by atoms with van der Waals surface area (Å²) in [6.07, 6.45) is 19.3. The van der Waals surface area contributed by atoms with Crippen molar-refractivity contribution >= 4 is 17.3 Å². The van der Waals surface area contributed by atoms with E-state index >= 15 is 9.59 Å². The maximum Gasteiger partial charge on any atom is 0.160 e. The largest absolute Gasteiger partial charge is 0.508 e. The summed E-state index contributed by atoms with van der Waals surface area (Å²) in [6.45, 7) is 15.1. The number of aromatic hydroxyl groups is 1. The minimum atomic E-state index is -0.895. The van der Waals surface area contributed by atoms with Crippen LogP contribution in [-0.4, -0.2) is 81.6 Å². The number of nitrogens with one attached hydrogen (secondary N) is 2. The van der Waals surface area contributed by atoms with Gasteiger partial charge in [0.1, 0.15) is 17.6 Å². The highest BCUT2D eigenvalue weighted by atomic mass is 16.6. The van der Waals surface area contributed by atoms with Crippen molar-refractivity contribution in [1.82, 2.24) is 10.6 Å². The van der Waals surface area contributed by atoms with Gasteiger partial charge in [-0.3, -0.25) is 9.59 Å². The molecule has 2 aromatic carbocycles. The van der Waals surface area contributed by atoms with E-state index in [1.807, 2.05) is 32.2 Å². The van der Waals surface area contributed by atoms with Gasteiger partial charge in [-0.2, -0.15) is 0 Å². The Morgan fingerprint density at radius 3 is 2.47 bits per heavy atom. The molecular weight excluding hydrogens is 959 g/mol. The summed E-state index contributed by atoms with van der Waals surface area (Å²) in [5, 5.41) is 54.7. The number of β-amino-alcohol motifs (C(OH)–C–C–N with tert-alkyl or cyclic N) is 1. The van der Waals surface area contributed by atoms with Gasteiger partial charge in [0.15, 0.2) is 5.78 Å². The second-order valence-electron chi connectivity index (χ2n) is 29.0. The number of ether oxygens (including phenoxy) is 1. The number of aliphatic hydroxyl groups excluding tert-OH is 2. The van der Waals surface area contributed by atoms with Gasteiger partial charge in [-0.05, 0) is 221 Å². The molecule has 8 N–H and O–H groups in total. The number of nitrogens with two attached hydrogens (primary N) is 1. The number of ketones is 2. The van der Waals surface area contributed by atoms with Gasteiger partial charge in [-0.15, -0.1) is 0 Å². The quantitative estimate of drug-likeness (QED) is 0.0580. The third-order valence-corrected chi connectivity index (χ3v) is 24.3. The molecule has 1 spiro atoms. The third-order valence-electron chi connectivity index (χ3n) is 24.3. The molecule has 2 heterocycles. The average Bonchev–Trinajstić information content (AvgIpc) is 3.93. The lowest BCUT2D eigenvalue weighted by atomic mass is 9.32. The Kier molecular flexibility index (Phi) is 15.2. The van der Waals surface area contributed by atoms with Crippen LogP contribution in [0.25, 0.3) is 0 Å². The van der Waals surface area contributed by atoms with Crippen molar-refractivity contribution in [2.75, 3.05) is 25.9 Å². The highest BCUT2D eigenvalue weighted by Crippen LogP contribution is 2.78. The maximum atomic E-state index is 16.0. The molecule has 2 aromatic rings. The Labute approximate surface area is 462 Å². The molecule has 11 rings (SSSR count). The monoisotopic (exact) mass is 1060 g/mol. The molecule has 77 heavy (non-hydrogen) atoms. The number of carbonyl (C=O) groups excluding carboxylic acids is 2. The number of hydrogen-bond acceptors (Lipinski definition) is 10. The van der Waals surface area contributed by atoms with Crippen LogP contribution in [0.15, 0.2) is 53.6 Å². The number of epoxide rings is 1. The molecule has 10 nitrogen and oxygen atoms in total. The number of aliphatic hydroxyl groups is 3. The number of anilines is 1. The highest BCUT2D eigenvalue weighted by molar-refractivity contribution is 6.01. The molecule has 19 unspecified atom stereocenters. The van der Waals surface area contributed by atoms with Crippen molar-refractivity contribution in [2.45, 2.75) is 231 Å². The molecule has 2 saturated heterocycles. The van der Waals surface area contributed by atoms with Crippen molar-refractivity contribution in [2.24, 2.45) is 69.0 Å². The summed E-state index contributed by atoms with van der Waals surface area (Å²) in [7, 11) is 1.92. The van der Waals surface area contributed by atoms with Crippen LogP contribution in [0.5, 0.6) is 5.75 Å². The third kappa shape index (κ3) is 9.54. The summed E-state index contributed by atoms with van der Waals surface area (Å²) in [5.74, 6) is 2.23. The number of carbonyl (C=O) groups is 2. The summed E-state index contributed by atoms with van der Waals surface area (Å²) in [4.78, 5) is 31.9. The molecule has 0 amide bonds.